The predicted molar refractivity (Wildman–Crippen MR) is 72.9 cm³/mol. The molecular weight excluding hydrogens is 263 g/mol. The van der Waals surface area contributed by atoms with Crippen molar-refractivity contribution >= 4 is 5.91 Å². The van der Waals surface area contributed by atoms with Gasteiger partial charge in [0, 0.05) is 12.1 Å². The van der Waals surface area contributed by atoms with Gasteiger partial charge in [-0.05, 0) is 32.0 Å². The van der Waals surface area contributed by atoms with Crippen molar-refractivity contribution in [3.05, 3.63) is 23.5 Å². The minimum absolute atomic E-state index is 0.0267. The first-order chi connectivity index (χ1) is 9.65. The first-order valence-corrected chi connectivity index (χ1v) is 6.58. The number of nitrogens with one attached hydrogen (secondary N) is 2. The molecule has 110 valence electrons. The molecule has 0 aliphatic carbocycles. The van der Waals surface area contributed by atoms with E-state index in [9.17, 15) is 9.18 Å². The molecular formula is C14H19FN2O3. The maximum absolute atomic E-state index is 13.9. The molecule has 20 heavy (non-hydrogen) atoms. The van der Waals surface area contributed by atoms with Gasteiger partial charge >= 0.3 is 0 Å². The first kappa shape index (κ1) is 14.6. The Labute approximate surface area is 117 Å². The van der Waals surface area contributed by atoms with E-state index in [0.717, 1.165) is 32.0 Å². The Hall–Kier alpha value is -1.82. The van der Waals surface area contributed by atoms with Crippen LogP contribution < -0.4 is 20.1 Å². The van der Waals surface area contributed by atoms with Gasteiger partial charge in [-0.2, -0.15) is 0 Å². The Morgan fingerprint density at radius 2 is 1.85 bits per heavy atom. The smallest absolute Gasteiger partial charge is 0.254 e. The molecule has 1 fully saturated rings. The van der Waals surface area contributed by atoms with E-state index in [-0.39, 0.29) is 17.4 Å². The van der Waals surface area contributed by atoms with E-state index in [1.165, 1.54) is 20.3 Å². The number of carbonyl (C=O) groups excluding carboxylic acids is 1. The fourth-order valence-electron chi connectivity index (χ4n) is 2.26. The average molecular weight is 282 g/mol. The number of amides is 1. The zero-order chi connectivity index (χ0) is 14.5. The Morgan fingerprint density at radius 3 is 2.45 bits per heavy atom. The largest absolute Gasteiger partial charge is 0.493 e. The molecule has 5 nitrogen and oxygen atoms in total. The summed E-state index contributed by atoms with van der Waals surface area (Å²) in [6.45, 7) is 1.72. The van der Waals surface area contributed by atoms with E-state index in [0.29, 0.717) is 5.75 Å². The summed E-state index contributed by atoms with van der Waals surface area (Å²) in [4.78, 5) is 12.1. The van der Waals surface area contributed by atoms with Gasteiger partial charge in [0.25, 0.3) is 5.91 Å². The highest BCUT2D eigenvalue weighted by molar-refractivity contribution is 5.95. The number of halogens is 1. The second kappa shape index (κ2) is 6.56. The lowest BCUT2D eigenvalue weighted by Crippen LogP contribution is -2.42. The van der Waals surface area contributed by atoms with E-state index >= 15 is 0 Å². The SMILES string of the molecule is COc1cc(F)c(C(=O)NC2CCNCC2)cc1OC. The van der Waals surface area contributed by atoms with E-state index in [4.69, 9.17) is 9.47 Å². The molecule has 0 aromatic heterocycles. The highest BCUT2D eigenvalue weighted by Crippen LogP contribution is 2.29. The van der Waals surface area contributed by atoms with Crippen molar-refractivity contribution in [1.82, 2.24) is 10.6 Å². The lowest BCUT2D eigenvalue weighted by molar-refractivity contribution is 0.0925. The molecule has 1 heterocycles. The molecule has 6 heteroatoms. The first-order valence-electron chi connectivity index (χ1n) is 6.58. The van der Waals surface area contributed by atoms with E-state index in [1.807, 2.05) is 0 Å². The lowest BCUT2D eigenvalue weighted by Gasteiger charge is -2.23. The summed E-state index contributed by atoms with van der Waals surface area (Å²) >= 11 is 0. The van der Waals surface area contributed by atoms with Gasteiger partial charge in [-0.1, -0.05) is 0 Å². The van der Waals surface area contributed by atoms with E-state index in [1.54, 1.807) is 0 Å². The van der Waals surface area contributed by atoms with Gasteiger partial charge in [-0.15, -0.1) is 0 Å². The van der Waals surface area contributed by atoms with Gasteiger partial charge < -0.3 is 20.1 Å². The highest BCUT2D eigenvalue weighted by atomic mass is 19.1. The van der Waals surface area contributed by atoms with Crippen molar-refractivity contribution in [2.75, 3.05) is 27.3 Å². The summed E-state index contributed by atoms with van der Waals surface area (Å²) in [7, 11) is 2.87. The number of piperidine rings is 1. The van der Waals surface area contributed by atoms with Crippen molar-refractivity contribution in [3.63, 3.8) is 0 Å². The fourth-order valence-corrected chi connectivity index (χ4v) is 2.26. The van der Waals surface area contributed by atoms with Gasteiger partial charge in [0.1, 0.15) is 5.82 Å². The van der Waals surface area contributed by atoms with Crippen molar-refractivity contribution in [2.24, 2.45) is 0 Å². The number of methoxy groups -OCH3 is 2. The molecule has 1 saturated heterocycles. The molecule has 1 amide bonds. The summed E-state index contributed by atoms with van der Waals surface area (Å²) < 4.78 is 24.0. The molecule has 0 unspecified atom stereocenters. The number of benzene rings is 1. The molecule has 1 aromatic rings. The summed E-state index contributed by atoms with van der Waals surface area (Å²) in [6.07, 6.45) is 1.70. The lowest BCUT2D eigenvalue weighted by atomic mass is 10.1. The molecule has 0 spiro atoms. The standard InChI is InChI=1S/C14H19FN2O3/c1-19-12-7-10(11(15)8-13(12)20-2)14(18)17-9-3-5-16-6-4-9/h7-9,16H,3-6H2,1-2H3,(H,17,18). The Kier molecular flexibility index (Phi) is 4.79. The van der Waals surface area contributed by atoms with Crippen LogP contribution in [0, 0.1) is 5.82 Å². The van der Waals surface area contributed by atoms with Gasteiger partial charge in [0.2, 0.25) is 0 Å². The second-order valence-electron chi connectivity index (χ2n) is 4.68. The zero-order valence-corrected chi connectivity index (χ0v) is 11.7. The van der Waals surface area contributed by atoms with Gasteiger partial charge in [0.15, 0.2) is 11.5 Å². The predicted octanol–water partition coefficient (Wildman–Crippen LogP) is 1.32. The molecule has 0 saturated carbocycles. The summed E-state index contributed by atoms with van der Waals surface area (Å²) in [5.74, 6) is -0.433. The number of ether oxygens (including phenoxy) is 2. The van der Waals surface area contributed by atoms with Gasteiger partial charge in [-0.25, -0.2) is 4.39 Å². The van der Waals surface area contributed by atoms with Crippen LogP contribution in [0.4, 0.5) is 4.39 Å². The summed E-state index contributed by atoms with van der Waals surface area (Å²) in [6, 6.07) is 2.61. The van der Waals surface area contributed by atoms with Crippen LogP contribution in [0.15, 0.2) is 12.1 Å². The Morgan fingerprint density at radius 1 is 1.25 bits per heavy atom. The van der Waals surface area contributed by atoms with Crippen LogP contribution in [0.2, 0.25) is 0 Å². The third kappa shape index (κ3) is 3.19. The van der Waals surface area contributed by atoms with Crippen LogP contribution >= 0.6 is 0 Å². The number of carbonyl (C=O) groups is 1. The van der Waals surface area contributed by atoms with Crippen molar-refractivity contribution in [1.29, 1.82) is 0 Å². The molecule has 0 bridgehead atoms. The van der Waals surface area contributed by atoms with Crippen molar-refractivity contribution in [2.45, 2.75) is 18.9 Å². The van der Waals surface area contributed by atoms with Crippen molar-refractivity contribution < 1.29 is 18.7 Å². The molecule has 0 radical (unpaired) electrons. The highest BCUT2D eigenvalue weighted by Gasteiger charge is 2.21. The zero-order valence-electron chi connectivity index (χ0n) is 11.7. The van der Waals surface area contributed by atoms with Gasteiger partial charge in [0.05, 0.1) is 19.8 Å². The fraction of sp³-hybridized carbons (Fsp3) is 0.500. The average Bonchev–Trinajstić information content (AvgIpc) is 2.47. The summed E-state index contributed by atoms with van der Waals surface area (Å²) in [5.41, 5.74) is -0.0267. The monoisotopic (exact) mass is 282 g/mol. The topological polar surface area (TPSA) is 59.6 Å². The maximum Gasteiger partial charge on any atom is 0.254 e. The van der Waals surface area contributed by atoms with E-state index in [2.05, 4.69) is 10.6 Å². The molecule has 1 aliphatic heterocycles. The second-order valence-corrected chi connectivity index (χ2v) is 4.68. The van der Waals surface area contributed by atoms with Crippen molar-refractivity contribution in [3.8, 4) is 11.5 Å². The van der Waals surface area contributed by atoms with Crippen LogP contribution in [-0.2, 0) is 0 Å². The maximum atomic E-state index is 13.9. The normalized spacial score (nSPS) is 15.8. The van der Waals surface area contributed by atoms with Crippen LogP contribution in [0.1, 0.15) is 23.2 Å². The number of rotatable bonds is 4. The van der Waals surface area contributed by atoms with E-state index < -0.39 is 11.7 Å². The number of hydrogen-bond acceptors (Lipinski definition) is 4. The van der Waals surface area contributed by atoms with Crippen LogP contribution in [-0.4, -0.2) is 39.3 Å². The molecule has 2 rings (SSSR count). The third-order valence-corrected chi connectivity index (χ3v) is 3.39. The van der Waals surface area contributed by atoms with Crippen LogP contribution in [0.5, 0.6) is 11.5 Å². The van der Waals surface area contributed by atoms with Crippen LogP contribution in [0.25, 0.3) is 0 Å². The molecule has 0 atom stereocenters. The molecule has 1 aliphatic rings. The Balaban J connectivity index is 2.16. The molecule has 1 aromatic carbocycles. The summed E-state index contributed by atoms with van der Waals surface area (Å²) in [5, 5.41) is 6.06. The quantitative estimate of drug-likeness (QED) is 0.874. The minimum atomic E-state index is -0.617. The minimum Gasteiger partial charge on any atom is -0.493 e. The molecule has 2 N–H and O–H groups in total. The Bertz CT molecular complexity index is 488. The van der Waals surface area contributed by atoms with Crippen LogP contribution in [0.3, 0.4) is 0 Å². The number of hydrogen-bond donors (Lipinski definition) is 2. The third-order valence-electron chi connectivity index (χ3n) is 3.39. The van der Waals surface area contributed by atoms with Gasteiger partial charge in [-0.3, -0.25) is 4.79 Å².